The summed E-state index contributed by atoms with van der Waals surface area (Å²) in [5.41, 5.74) is 0.830. The van der Waals surface area contributed by atoms with Crippen molar-refractivity contribution in [3.63, 3.8) is 0 Å². The molecule has 0 aromatic heterocycles. The third-order valence-electron chi connectivity index (χ3n) is 3.60. The molecule has 2 amide bonds. The molecule has 1 saturated heterocycles. The Morgan fingerprint density at radius 3 is 2.50 bits per heavy atom. The predicted octanol–water partition coefficient (Wildman–Crippen LogP) is 0.774. The number of methoxy groups -OCH3 is 1. The van der Waals surface area contributed by atoms with Crippen molar-refractivity contribution in [2.45, 2.75) is 24.9 Å². The van der Waals surface area contributed by atoms with Gasteiger partial charge in [0.25, 0.3) is 0 Å². The van der Waals surface area contributed by atoms with Crippen LogP contribution < -0.4 is 10.1 Å². The van der Waals surface area contributed by atoms with Crippen molar-refractivity contribution in [1.82, 2.24) is 10.2 Å². The minimum Gasteiger partial charge on any atom is -0.497 e. The molecular formula is C16H20N2O5S. The van der Waals surface area contributed by atoms with E-state index < -0.39 is 12.0 Å². The molecule has 0 bridgehead atoms. The number of benzene rings is 1. The largest absolute Gasteiger partial charge is 0.497 e. The molecular weight excluding hydrogens is 332 g/mol. The number of hydrogen-bond donors (Lipinski definition) is 1. The van der Waals surface area contributed by atoms with Gasteiger partial charge in [0.15, 0.2) is 0 Å². The Morgan fingerprint density at radius 1 is 1.29 bits per heavy atom. The number of carbonyl (C=O) groups excluding carboxylic acids is 3. The number of β-lactam (4-membered cyclic amide) rings is 1. The standard InChI is InChI=1S/C16H20N2O5S/c1-10(19)17-14-15(21)18(16(14)24-3)8-13(20)23-9-11-4-6-12(22-2)7-5-11/h4-7,14,16H,8-9H2,1-3H3,(H,17,19). The minimum absolute atomic E-state index is 0.128. The fourth-order valence-corrected chi connectivity index (χ4v) is 3.27. The van der Waals surface area contributed by atoms with Crippen LogP contribution in [0.5, 0.6) is 5.75 Å². The van der Waals surface area contributed by atoms with Crippen LogP contribution in [0.2, 0.25) is 0 Å². The van der Waals surface area contributed by atoms with Crippen LogP contribution >= 0.6 is 11.8 Å². The lowest BCUT2D eigenvalue weighted by Crippen LogP contribution is -2.69. The smallest absolute Gasteiger partial charge is 0.326 e. The lowest BCUT2D eigenvalue weighted by atomic mass is 10.1. The van der Waals surface area contributed by atoms with Gasteiger partial charge in [-0.2, -0.15) is 0 Å². The molecule has 24 heavy (non-hydrogen) atoms. The topological polar surface area (TPSA) is 84.9 Å². The van der Waals surface area contributed by atoms with Crippen molar-refractivity contribution in [2.75, 3.05) is 19.9 Å². The molecule has 0 saturated carbocycles. The first-order valence-electron chi connectivity index (χ1n) is 7.35. The second-order valence-electron chi connectivity index (χ2n) is 5.28. The van der Waals surface area contributed by atoms with Gasteiger partial charge in [0.1, 0.15) is 30.3 Å². The van der Waals surface area contributed by atoms with E-state index in [-0.39, 0.29) is 30.3 Å². The van der Waals surface area contributed by atoms with Gasteiger partial charge in [-0.3, -0.25) is 14.4 Å². The number of nitrogens with one attached hydrogen (secondary N) is 1. The third-order valence-corrected chi connectivity index (χ3v) is 4.61. The molecule has 1 aliphatic heterocycles. The maximum Gasteiger partial charge on any atom is 0.326 e. The van der Waals surface area contributed by atoms with Gasteiger partial charge in [0, 0.05) is 6.92 Å². The summed E-state index contributed by atoms with van der Waals surface area (Å²) < 4.78 is 10.3. The van der Waals surface area contributed by atoms with Crippen molar-refractivity contribution >= 4 is 29.5 Å². The molecule has 1 aromatic rings. The lowest BCUT2D eigenvalue weighted by molar-refractivity contribution is -0.158. The molecule has 7 nitrogen and oxygen atoms in total. The Hall–Kier alpha value is -2.22. The molecule has 1 aliphatic rings. The van der Waals surface area contributed by atoms with Crippen LogP contribution in [0.3, 0.4) is 0 Å². The van der Waals surface area contributed by atoms with Crippen LogP contribution in [0, 0.1) is 0 Å². The number of esters is 1. The summed E-state index contributed by atoms with van der Waals surface area (Å²) in [6.45, 7) is 1.36. The molecule has 130 valence electrons. The highest BCUT2D eigenvalue weighted by Crippen LogP contribution is 2.28. The molecule has 1 fully saturated rings. The van der Waals surface area contributed by atoms with Crippen molar-refractivity contribution in [3.05, 3.63) is 29.8 Å². The maximum absolute atomic E-state index is 12.0. The van der Waals surface area contributed by atoms with E-state index in [0.29, 0.717) is 0 Å². The maximum atomic E-state index is 12.0. The number of rotatable bonds is 7. The number of carbonyl (C=O) groups is 3. The summed E-state index contributed by atoms with van der Waals surface area (Å²) in [4.78, 5) is 36.5. The van der Waals surface area contributed by atoms with Crippen LogP contribution in [-0.4, -0.2) is 54.0 Å². The van der Waals surface area contributed by atoms with Gasteiger partial charge < -0.3 is 19.7 Å². The quantitative estimate of drug-likeness (QED) is 0.576. The first kappa shape index (κ1) is 18.1. The van der Waals surface area contributed by atoms with Gasteiger partial charge in [0.2, 0.25) is 11.8 Å². The first-order chi connectivity index (χ1) is 11.5. The molecule has 0 aliphatic carbocycles. The van der Waals surface area contributed by atoms with E-state index in [9.17, 15) is 14.4 Å². The van der Waals surface area contributed by atoms with Crippen molar-refractivity contribution < 1.29 is 23.9 Å². The Balaban J connectivity index is 1.83. The van der Waals surface area contributed by atoms with E-state index >= 15 is 0 Å². The molecule has 2 unspecified atom stereocenters. The van der Waals surface area contributed by atoms with E-state index in [4.69, 9.17) is 9.47 Å². The molecule has 1 N–H and O–H groups in total. The van der Waals surface area contributed by atoms with Crippen molar-refractivity contribution in [2.24, 2.45) is 0 Å². The molecule has 0 radical (unpaired) electrons. The molecule has 2 rings (SSSR count). The summed E-state index contributed by atoms with van der Waals surface area (Å²) >= 11 is 1.40. The number of hydrogen-bond acceptors (Lipinski definition) is 6. The second kappa shape index (κ2) is 8.05. The van der Waals surface area contributed by atoms with Gasteiger partial charge in [0.05, 0.1) is 7.11 Å². The predicted molar refractivity (Wildman–Crippen MR) is 89.4 cm³/mol. The van der Waals surface area contributed by atoms with Crippen molar-refractivity contribution in [1.29, 1.82) is 0 Å². The molecule has 1 aromatic carbocycles. The summed E-state index contributed by atoms with van der Waals surface area (Å²) in [7, 11) is 1.58. The normalized spacial score (nSPS) is 19.5. The van der Waals surface area contributed by atoms with Gasteiger partial charge in [-0.1, -0.05) is 12.1 Å². The summed E-state index contributed by atoms with van der Waals surface area (Å²) in [5, 5.41) is 2.33. The molecule has 0 spiro atoms. The zero-order valence-corrected chi connectivity index (χ0v) is 14.6. The Morgan fingerprint density at radius 2 is 1.96 bits per heavy atom. The lowest BCUT2D eigenvalue weighted by Gasteiger charge is -2.45. The number of thioether (sulfide) groups is 1. The van der Waals surface area contributed by atoms with Crippen molar-refractivity contribution in [3.8, 4) is 5.75 Å². The Bertz CT molecular complexity index is 619. The summed E-state index contributed by atoms with van der Waals surface area (Å²) in [6, 6.07) is 6.59. The van der Waals surface area contributed by atoms with E-state index in [1.165, 1.54) is 23.6 Å². The van der Waals surface area contributed by atoms with Gasteiger partial charge in [-0.15, -0.1) is 11.8 Å². The Labute approximate surface area is 144 Å². The first-order valence-corrected chi connectivity index (χ1v) is 8.64. The van der Waals surface area contributed by atoms with Crippen LogP contribution in [0.1, 0.15) is 12.5 Å². The van der Waals surface area contributed by atoms with E-state index in [1.807, 2.05) is 6.26 Å². The number of amides is 2. The van der Waals surface area contributed by atoms with Crippen LogP contribution in [0.4, 0.5) is 0 Å². The zero-order chi connectivity index (χ0) is 17.7. The summed E-state index contributed by atoms with van der Waals surface area (Å²) in [5.74, 6) is -0.303. The minimum atomic E-state index is -0.577. The fourth-order valence-electron chi connectivity index (χ4n) is 2.38. The highest BCUT2D eigenvalue weighted by Gasteiger charge is 2.48. The summed E-state index contributed by atoms with van der Waals surface area (Å²) in [6.07, 6.45) is 1.82. The second-order valence-corrected chi connectivity index (χ2v) is 6.23. The molecule has 8 heteroatoms. The monoisotopic (exact) mass is 352 g/mol. The fraction of sp³-hybridized carbons (Fsp3) is 0.438. The van der Waals surface area contributed by atoms with E-state index in [1.54, 1.807) is 31.4 Å². The van der Waals surface area contributed by atoms with Gasteiger partial charge >= 0.3 is 5.97 Å². The number of ether oxygens (including phenoxy) is 2. The van der Waals surface area contributed by atoms with E-state index in [0.717, 1.165) is 11.3 Å². The highest BCUT2D eigenvalue weighted by atomic mass is 32.2. The highest BCUT2D eigenvalue weighted by molar-refractivity contribution is 7.99. The third kappa shape index (κ3) is 4.19. The SMILES string of the molecule is COc1ccc(COC(=O)CN2C(=O)C(NC(C)=O)C2SC)cc1. The van der Waals surface area contributed by atoms with E-state index in [2.05, 4.69) is 5.32 Å². The average molecular weight is 352 g/mol. The van der Waals surface area contributed by atoms with Gasteiger partial charge in [-0.05, 0) is 24.0 Å². The average Bonchev–Trinajstić information content (AvgIpc) is 2.58. The Kier molecular flexibility index (Phi) is 6.08. The molecule has 2 atom stereocenters. The number of nitrogens with zero attached hydrogens (tertiary/aromatic N) is 1. The molecule has 1 heterocycles. The zero-order valence-electron chi connectivity index (χ0n) is 13.8. The number of likely N-dealkylation sites (tertiary alicyclic amines) is 1. The van der Waals surface area contributed by atoms with Crippen LogP contribution in [-0.2, 0) is 25.7 Å². The van der Waals surface area contributed by atoms with Crippen LogP contribution in [0.25, 0.3) is 0 Å². The van der Waals surface area contributed by atoms with Crippen LogP contribution in [0.15, 0.2) is 24.3 Å². The van der Waals surface area contributed by atoms with Gasteiger partial charge in [-0.25, -0.2) is 0 Å².